The van der Waals surface area contributed by atoms with Crippen LogP contribution in [-0.2, 0) is 4.79 Å². The predicted octanol–water partition coefficient (Wildman–Crippen LogP) is 1.15. The van der Waals surface area contributed by atoms with E-state index in [1.165, 1.54) is 0 Å². The Labute approximate surface area is 108 Å². The van der Waals surface area contributed by atoms with E-state index >= 15 is 0 Å². The van der Waals surface area contributed by atoms with Crippen LogP contribution >= 0.6 is 0 Å². The summed E-state index contributed by atoms with van der Waals surface area (Å²) in [4.78, 5) is 20.0. The van der Waals surface area contributed by atoms with Gasteiger partial charge >= 0.3 is 0 Å². The maximum atomic E-state index is 11.5. The van der Waals surface area contributed by atoms with Gasteiger partial charge in [-0.25, -0.2) is 4.98 Å². The molecule has 0 aliphatic heterocycles. The highest BCUT2D eigenvalue weighted by Gasteiger charge is 2.05. The molecule has 0 radical (unpaired) electrons. The van der Waals surface area contributed by atoms with E-state index in [1.54, 1.807) is 0 Å². The molecule has 6 nitrogen and oxygen atoms in total. The second-order valence-electron chi connectivity index (χ2n) is 4.32. The molecule has 0 aliphatic carbocycles. The van der Waals surface area contributed by atoms with Crippen LogP contribution in [-0.4, -0.2) is 35.0 Å². The van der Waals surface area contributed by atoms with Gasteiger partial charge in [0.05, 0.1) is 6.54 Å². The lowest BCUT2D eigenvalue weighted by Gasteiger charge is -2.11. The van der Waals surface area contributed by atoms with Gasteiger partial charge in [0.2, 0.25) is 11.9 Å². The Balaban J connectivity index is 2.58. The fourth-order valence-electron chi connectivity index (χ4n) is 1.44. The van der Waals surface area contributed by atoms with E-state index in [2.05, 4.69) is 25.9 Å². The average molecular weight is 251 g/mol. The van der Waals surface area contributed by atoms with Gasteiger partial charge in [-0.1, -0.05) is 0 Å². The van der Waals surface area contributed by atoms with Gasteiger partial charge in [-0.2, -0.15) is 4.98 Å². The molecule has 0 saturated carbocycles. The molecule has 1 aromatic heterocycles. The van der Waals surface area contributed by atoms with Gasteiger partial charge in [0, 0.05) is 24.3 Å². The zero-order valence-electron chi connectivity index (χ0n) is 11.4. The van der Waals surface area contributed by atoms with E-state index in [0.29, 0.717) is 11.8 Å². The van der Waals surface area contributed by atoms with Gasteiger partial charge in [-0.3, -0.25) is 4.79 Å². The van der Waals surface area contributed by atoms with Crippen molar-refractivity contribution in [1.82, 2.24) is 15.3 Å². The number of carbonyl (C=O) groups excluding carboxylic acids is 1. The van der Waals surface area contributed by atoms with E-state index in [-0.39, 0.29) is 18.5 Å². The molecule has 1 aromatic rings. The molecule has 0 unspecified atom stereocenters. The highest BCUT2D eigenvalue weighted by Crippen LogP contribution is 2.08. The summed E-state index contributed by atoms with van der Waals surface area (Å²) in [5.41, 5.74) is 0.854. The molecule has 6 heteroatoms. The van der Waals surface area contributed by atoms with Crippen LogP contribution in [0.2, 0.25) is 0 Å². The number of aryl methyl sites for hydroxylation is 1. The summed E-state index contributed by atoms with van der Waals surface area (Å²) < 4.78 is 0. The van der Waals surface area contributed by atoms with E-state index in [0.717, 1.165) is 12.2 Å². The largest absolute Gasteiger partial charge is 0.361 e. The Morgan fingerprint density at radius 1 is 1.33 bits per heavy atom. The van der Waals surface area contributed by atoms with Gasteiger partial charge in [-0.15, -0.1) is 0 Å². The number of hydrogen-bond acceptors (Lipinski definition) is 5. The van der Waals surface area contributed by atoms with Crippen molar-refractivity contribution >= 4 is 17.7 Å². The maximum absolute atomic E-state index is 11.5. The molecule has 0 bridgehead atoms. The molecule has 0 aromatic carbocycles. The third-order valence-corrected chi connectivity index (χ3v) is 2.07. The van der Waals surface area contributed by atoms with Crippen molar-refractivity contribution < 1.29 is 4.79 Å². The maximum Gasteiger partial charge on any atom is 0.239 e. The lowest BCUT2D eigenvalue weighted by atomic mass is 10.4. The van der Waals surface area contributed by atoms with Crippen LogP contribution in [0.3, 0.4) is 0 Å². The van der Waals surface area contributed by atoms with Crippen LogP contribution in [0, 0.1) is 6.92 Å². The van der Waals surface area contributed by atoms with Gasteiger partial charge in [-0.05, 0) is 27.7 Å². The molecule has 1 heterocycles. The van der Waals surface area contributed by atoms with Crippen LogP contribution in [0.1, 0.15) is 26.5 Å². The number of carbonyl (C=O) groups is 1. The summed E-state index contributed by atoms with van der Waals surface area (Å²) in [6.07, 6.45) is 0. The fourth-order valence-corrected chi connectivity index (χ4v) is 1.44. The molecule has 18 heavy (non-hydrogen) atoms. The molecule has 0 saturated heterocycles. The molecule has 3 N–H and O–H groups in total. The van der Waals surface area contributed by atoms with Gasteiger partial charge in [0.15, 0.2) is 0 Å². The molecule has 1 rings (SSSR count). The van der Waals surface area contributed by atoms with Crippen LogP contribution in [0.4, 0.5) is 11.8 Å². The monoisotopic (exact) mass is 251 g/mol. The summed E-state index contributed by atoms with van der Waals surface area (Å²) >= 11 is 0. The first-order valence-electron chi connectivity index (χ1n) is 6.14. The summed E-state index contributed by atoms with van der Waals surface area (Å²) in [5, 5.41) is 8.84. The molecular weight excluding hydrogens is 230 g/mol. The number of nitrogens with zero attached hydrogens (tertiary/aromatic N) is 2. The Bertz CT molecular complexity index is 405. The fraction of sp³-hybridized carbons (Fsp3) is 0.583. The molecule has 0 aliphatic rings. The third-order valence-electron chi connectivity index (χ3n) is 2.07. The number of amides is 1. The number of aromatic nitrogens is 2. The molecule has 0 fully saturated rings. The molecule has 100 valence electrons. The van der Waals surface area contributed by atoms with Crippen LogP contribution in [0.15, 0.2) is 6.07 Å². The van der Waals surface area contributed by atoms with E-state index in [4.69, 9.17) is 0 Å². The summed E-state index contributed by atoms with van der Waals surface area (Å²) in [6, 6.07) is 1.95. The summed E-state index contributed by atoms with van der Waals surface area (Å²) in [6.45, 7) is 8.69. The number of rotatable bonds is 6. The normalized spacial score (nSPS) is 10.3. The molecule has 0 spiro atoms. The highest BCUT2D eigenvalue weighted by molar-refractivity contribution is 5.80. The second-order valence-corrected chi connectivity index (χ2v) is 4.32. The Hall–Kier alpha value is -1.85. The third kappa shape index (κ3) is 4.99. The SMILES string of the molecule is CCNc1nc(C)cc(NCC(=O)NC(C)C)n1. The minimum atomic E-state index is -0.0498. The van der Waals surface area contributed by atoms with Gasteiger partial charge < -0.3 is 16.0 Å². The quantitative estimate of drug-likeness (QED) is 0.707. The lowest BCUT2D eigenvalue weighted by Crippen LogP contribution is -2.35. The minimum Gasteiger partial charge on any atom is -0.361 e. The van der Waals surface area contributed by atoms with Crippen molar-refractivity contribution in [2.75, 3.05) is 23.7 Å². The van der Waals surface area contributed by atoms with Crippen molar-refractivity contribution in [2.24, 2.45) is 0 Å². The standard InChI is InChI=1S/C12H21N5O/c1-5-13-12-16-9(4)6-10(17-12)14-7-11(18)15-8(2)3/h6,8H,5,7H2,1-4H3,(H,15,18)(H2,13,14,16,17). The van der Waals surface area contributed by atoms with E-state index in [9.17, 15) is 4.79 Å². The Morgan fingerprint density at radius 3 is 2.67 bits per heavy atom. The number of anilines is 2. The summed E-state index contributed by atoms with van der Waals surface area (Å²) in [7, 11) is 0. The Kier molecular flexibility index (Phi) is 5.35. The zero-order chi connectivity index (χ0) is 13.5. The van der Waals surface area contributed by atoms with Crippen LogP contribution in [0.25, 0.3) is 0 Å². The van der Waals surface area contributed by atoms with Crippen molar-refractivity contribution in [1.29, 1.82) is 0 Å². The first-order chi connectivity index (χ1) is 8.51. The van der Waals surface area contributed by atoms with E-state index in [1.807, 2.05) is 33.8 Å². The van der Waals surface area contributed by atoms with Crippen LogP contribution in [0.5, 0.6) is 0 Å². The zero-order valence-corrected chi connectivity index (χ0v) is 11.4. The number of hydrogen-bond donors (Lipinski definition) is 3. The van der Waals surface area contributed by atoms with Crippen molar-refractivity contribution in [2.45, 2.75) is 33.7 Å². The summed E-state index contributed by atoms with van der Waals surface area (Å²) in [5.74, 6) is 1.17. The van der Waals surface area contributed by atoms with Crippen molar-refractivity contribution in [3.8, 4) is 0 Å². The van der Waals surface area contributed by atoms with Crippen molar-refractivity contribution in [3.63, 3.8) is 0 Å². The average Bonchev–Trinajstić information content (AvgIpc) is 2.25. The van der Waals surface area contributed by atoms with Crippen LogP contribution < -0.4 is 16.0 Å². The number of nitrogens with one attached hydrogen (secondary N) is 3. The molecule has 0 atom stereocenters. The van der Waals surface area contributed by atoms with E-state index < -0.39 is 0 Å². The first-order valence-corrected chi connectivity index (χ1v) is 6.14. The minimum absolute atomic E-state index is 0.0498. The predicted molar refractivity (Wildman–Crippen MR) is 72.7 cm³/mol. The topological polar surface area (TPSA) is 78.9 Å². The lowest BCUT2D eigenvalue weighted by molar-refractivity contribution is -0.119. The second kappa shape index (κ2) is 6.78. The smallest absolute Gasteiger partial charge is 0.239 e. The van der Waals surface area contributed by atoms with Gasteiger partial charge in [0.1, 0.15) is 5.82 Å². The van der Waals surface area contributed by atoms with Gasteiger partial charge in [0.25, 0.3) is 0 Å². The first kappa shape index (κ1) is 14.2. The molecule has 1 amide bonds. The molecular formula is C12H21N5O. The Morgan fingerprint density at radius 2 is 2.06 bits per heavy atom. The highest BCUT2D eigenvalue weighted by atomic mass is 16.1. The van der Waals surface area contributed by atoms with Crippen molar-refractivity contribution in [3.05, 3.63) is 11.8 Å².